The minimum absolute atomic E-state index is 0.0593. The van der Waals surface area contributed by atoms with E-state index in [1.807, 2.05) is 30.3 Å². The van der Waals surface area contributed by atoms with Gasteiger partial charge < -0.3 is 14.6 Å². The number of ether oxygens (including phenoxy) is 2. The molecule has 0 aliphatic carbocycles. The van der Waals surface area contributed by atoms with Crippen molar-refractivity contribution < 1.29 is 19.4 Å². The highest BCUT2D eigenvalue weighted by Crippen LogP contribution is 2.22. The van der Waals surface area contributed by atoms with Crippen molar-refractivity contribution in [1.29, 1.82) is 0 Å². The van der Waals surface area contributed by atoms with E-state index in [2.05, 4.69) is 9.88 Å². The van der Waals surface area contributed by atoms with Gasteiger partial charge in [0.1, 0.15) is 12.4 Å². The molecule has 0 amide bonds. The molecule has 1 N–H and O–H groups in total. The number of aromatic nitrogens is 1. The van der Waals surface area contributed by atoms with Crippen molar-refractivity contribution in [3.8, 4) is 16.9 Å². The number of carboxylic acids is 1. The predicted molar refractivity (Wildman–Crippen MR) is 93.8 cm³/mol. The van der Waals surface area contributed by atoms with Crippen molar-refractivity contribution in [3.63, 3.8) is 0 Å². The van der Waals surface area contributed by atoms with Crippen molar-refractivity contribution in [1.82, 2.24) is 9.88 Å². The summed E-state index contributed by atoms with van der Waals surface area (Å²) in [4.78, 5) is 17.2. The lowest BCUT2D eigenvalue weighted by atomic mass is 10.1. The molecule has 0 saturated carbocycles. The van der Waals surface area contributed by atoms with E-state index < -0.39 is 5.97 Å². The highest BCUT2D eigenvalue weighted by atomic mass is 16.5. The Balaban J connectivity index is 1.51. The molecule has 0 radical (unpaired) electrons. The van der Waals surface area contributed by atoms with Gasteiger partial charge in [-0.05, 0) is 23.8 Å². The van der Waals surface area contributed by atoms with E-state index >= 15 is 0 Å². The summed E-state index contributed by atoms with van der Waals surface area (Å²) < 4.78 is 11.1. The molecule has 25 heavy (non-hydrogen) atoms. The Morgan fingerprint density at radius 1 is 1.12 bits per heavy atom. The Bertz CT molecular complexity index is 680. The molecule has 1 fully saturated rings. The number of benzene rings is 1. The quantitative estimate of drug-likeness (QED) is 0.831. The van der Waals surface area contributed by atoms with Crippen LogP contribution in [0, 0.1) is 0 Å². The largest absolute Gasteiger partial charge is 0.492 e. The van der Waals surface area contributed by atoms with Crippen LogP contribution in [0.2, 0.25) is 0 Å². The average Bonchev–Trinajstić information content (AvgIpc) is 2.63. The van der Waals surface area contributed by atoms with E-state index in [1.165, 1.54) is 0 Å². The van der Waals surface area contributed by atoms with E-state index in [0.717, 1.165) is 49.7 Å². The van der Waals surface area contributed by atoms with Crippen LogP contribution in [0.1, 0.15) is 5.69 Å². The first-order valence-electron chi connectivity index (χ1n) is 8.41. The summed E-state index contributed by atoms with van der Waals surface area (Å²) in [6, 6.07) is 11.5. The maximum Gasteiger partial charge on any atom is 0.309 e. The number of carboxylic acid groups (broad SMARTS) is 1. The van der Waals surface area contributed by atoms with Crippen molar-refractivity contribution in [3.05, 3.63) is 48.3 Å². The maximum atomic E-state index is 10.7. The lowest BCUT2D eigenvalue weighted by Gasteiger charge is -2.26. The van der Waals surface area contributed by atoms with Gasteiger partial charge in [0.15, 0.2) is 0 Å². The van der Waals surface area contributed by atoms with Crippen LogP contribution in [0.25, 0.3) is 11.1 Å². The number of pyridine rings is 1. The fraction of sp³-hybridized carbons (Fsp3) is 0.368. The molecule has 1 aliphatic heterocycles. The smallest absolute Gasteiger partial charge is 0.309 e. The first-order valence-corrected chi connectivity index (χ1v) is 8.41. The number of rotatable bonds is 7. The molecule has 0 atom stereocenters. The summed E-state index contributed by atoms with van der Waals surface area (Å²) in [6.45, 7) is 5.09. The zero-order chi connectivity index (χ0) is 17.5. The van der Waals surface area contributed by atoms with Gasteiger partial charge in [-0.25, -0.2) is 0 Å². The third-order valence-electron chi connectivity index (χ3n) is 4.12. The maximum absolute atomic E-state index is 10.7. The summed E-state index contributed by atoms with van der Waals surface area (Å²) in [7, 11) is 0. The molecule has 0 bridgehead atoms. The summed E-state index contributed by atoms with van der Waals surface area (Å²) >= 11 is 0. The SMILES string of the molecule is O=C(O)Cc1ccc(-c2ccc(OCCN3CCOCC3)cc2)cn1. The predicted octanol–water partition coefficient (Wildman–Crippen LogP) is 2.09. The Labute approximate surface area is 147 Å². The lowest BCUT2D eigenvalue weighted by Crippen LogP contribution is -2.38. The van der Waals surface area contributed by atoms with Gasteiger partial charge in [-0.15, -0.1) is 0 Å². The Hall–Kier alpha value is -2.44. The molecule has 1 aromatic carbocycles. The molecular weight excluding hydrogens is 320 g/mol. The number of morpholine rings is 1. The van der Waals surface area contributed by atoms with Crippen LogP contribution in [-0.4, -0.2) is 60.4 Å². The molecule has 6 heteroatoms. The number of hydrogen-bond acceptors (Lipinski definition) is 5. The van der Waals surface area contributed by atoms with Gasteiger partial charge in [0.05, 0.1) is 25.3 Å². The Kier molecular flexibility index (Phi) is 5.98. The summed E-state index contributed by atoms with van der Waals surface area (Å²) in [5.41, 5.74) is 2.53. The standard InChI is InChI=1S/C19H22N2O4/c22-19(23)13-17-4-1-16(14-20-17)15-2-5-18(6-3-15)25-12-9-21-7-10-24-11-8-21/h1-6,14H,7-13H2,(H,22,23). The molecule has 2 heterocycles. The van der Waals surface area contributed by atoms with Crippen LogP contribution in [0.5, 0.6) is 5.75 Å². The zero-order valence-electron chi connectivity index (χ0n) is 14.1. The summed E-state index contributed by atoms with van der Waals surface area (Å²) in [5, 5.41) is 8.77. The van der Waals surface area contributed by atoms with Gasteiger partial charge in [0.25, 0.3) is 0 Å². The van der Waals surface area contributed by atoms with Crippen molar-refractivity contribution >= 4 is 5.97 Å². The van der Waals surface area contributed by atoms with Crippen LogP contribution >= 0.6 is 0 Å². The third-order valence-corrected chi connectivity index (χ3v) is 4.12. The Morgan fingerprint density at radius 3 is 2.48 bits per heavy atom. The van der Waals surface area contributed by atoms with Gasteiger partial charge in [0, 0.05) is 31.4 Å². The molecule has 2 aromatic rings. The molecule has 1 aromatic heterocycles. The van der Waals surface area contributed by atoms with Gasteiger partial charge in [-0.1, -0.05) is 18.2 Å². The van der Waals surface area contributed by atoms with Gasteiger partial charge in [0.2, 0.25) is 0 Å². The molecular formula is C19H22N2O4. The van der Waals surface area contributed by atoms with E-state index in [1.54, 1.807) is 12.3 Å². The third kappa shape index (κ3) is 5.27. The molecule has 132 valence electrons. The summed E-state index contributed by atoms with van der Waals surface area (Å²) in [5.74, 6) is -0.0358. The monoisotopic (exact) mass is 342 g/mol. The van der Waals surface area contributed by atoms with Crippen molar-refractivity contribution in [2.45, 2.75) is 6.42 Å². The molecule has 0 unspecified atom stereocenters. The topological polar surface area (TPSA) is 71.9 Å². The van der Waals surface area contributed by atoms with Crippen LogP contribution < -0.4 is 4.74 Å². The number of carbonyl (C=O) groups is 1. The molecule has 0 spiro atoms. The fourth-order valence-electron chi connectivity index (χ4n) is 2.72. The minimum atomic E-state index is -0.876. The van der Waals surface area contributed by atoms with Crippen molar-refractivity contribution in [2.75, 3.05) is 39.5 Å². The van der Waals surface area contributed by atoms with Crippen LogP contribution in [0.3, 0.4) is 0 Å². The van der Waals surface area contributed by atoms with E-state index in [-0.39, 0.29) is 6.42 Å². The fourth-order valence-corrected chi connectivity index (χ4v) is 2.72. The van der Waals surface area contributed by atoms with E-state index in [4.69, 9.17) is 14.6 Å². The lowest BCUT2D eigenvalue weighted by molar-refractivity contribution is -0.136. The second-order valence-corrected chi connectivity index (χ2v) is 5.94. The molecule has 3 rings (SSSR count). The second-order valence-electron chi connectivity index (χ2n) is 5.94. The van der Waals surface area contributed by atoms with E-state index in [0.29, 0.717) is 12.3 Å². The number of nitrogens with zero attached hydrogens (tertiary/aromatic N) is 2. The molecule has 1 saturated heterocycles. The van der Waals surface area contributed by atoms with Crippen molar-refractivity contribution in [2.24, 2.45) is 0 Å². The number of aliphatic carboxylic acids is 1. The van der Waals surface area contributed by atoms with Gasteiger partial charge in [-0.2, -0.15) is 0 Å². The normalized spacial score (nSPS) is 15.0. The van der Waals surface area contributed by atoms with Gasteiger partial charge >= 0.3 is 5.97 Å². The average molecular weight is 342 g/mol. The van der Waals surface area contributed by atoms with Gasteiger partial charge in [-0.3, -0.25) is 14.7 Å². The molecule has 6 nitrogen and oxygen atoms in total. The van der Waals surface area contributed by atoms with E-state index in [9.17, 15) is 4.79 Å². The van der Waals surface area contributed by atoms with Crippen LogP contribution in [-0.2, 0) is 16.0 Å². The summed E-state index contributed by atoms with van der Waals surface area (Å²) in [6.07, 6.45) is 1.64. The highest BCUT2D eigenvalue weighted by molar-refractivity contribution is 5.70. The first kappa shape index (κ1) is 17.4. The minimum Gasteiger partial charge on any atom is -0.492 e. The highest BCUT2D eigenvalue weighted by Gasteiger charge is 2.09. The molecule has 1 aliphatic rings. The number of hydrogen-bond donors (Lipinski definition) is 1. The van der Waals surface area contributed by atoms with Crippen LogP contribution in [0.4, 0.5) is 0 Å². The second kappa shape index (κ2) is 8.60. The Morgan fingerprint density at radius 2 is 1.84 bits per heavy atom. The van der Waals surface area contributed by atoms with Crippen LogP contribution in [0.15, 0.2) is 42.6 Å². The zero-order valence-corrected chi connectivity index (χ0v) is 14.1. The first-order chi connectivity index (χ1) is 12.2.